The van der Waals surface area contributed by atoms with Gasteiger partial charge in [0.25, 0.3) is 0 Å². The number of hydrogen-bond acceptors (Lipinski definition) is 6. The van der Waals surface area contributed by atoms with Crippen molar-refractivity contribution >= 4 is 34.5 Å². The maximum atomic E-state index is 12.5. The number of carbonyl (C=O) groups is 3. The molecule has 0 saturated carbocycles. The maximum absolute atomic E-state index is 12.5. The van der Waals surface area contributed by atoms with Gasteiger partial charge < -0.3 is 10.5 Å². The van der Waals surface area contributed by atoms with Gasteiger partial charge >= 0.3 is 5.97 Å². The number of nitrogens with one attached hydrogen (secondary N) is 1. The van der Waals surface area contributed by atoms with E-state index in [2.05, 4.69) is 0 Å². The molecule has 0 fully saturated rings. The van der Waals surface area contributed by atoms with Crippen molar-refractivity contribution in [1.29, 1.82) is 5.41 Å². The first-order valence-corrected chi connectivity index (χ1v) is 6.65. The van der Waals surface area contributed by atoms with Crippen LogP contribution in [0.1, 0.15) is 27.6 Å². The van der Waals surface area contributed by atoms with Crippen molar-refractivity contribution in [1.82, 2.24) is 0 Å². The standard InChI is InChI=1S/C13H12N2O4S/c1-2-19-11(18)13(20-12(14)15)9(16)7-5-3-4-6-8(7)10(13)17/h3-6H,2H2,1H3,(H3,14,15). The number of rotatable bonds is 3. The Bertz CT molecular complexity index is 592. The number of fused-ring (bicyclic) bond motifs is 1. The Morgan fingerprint density at radius 2 is 1.80 bits per heavy atom. The topological polar surface area (TPSA) is 110 Å². The monoisotopic (exact) mass is 292 g/mol. The first kappa shape index (κ1) is 14.3. The Morgan fingerprint density at radius 3 is 2.20 bits per heavy atom. The predicted octanol–water partition coefficient (Wildman–Crippen LogP) is 0.994. The van der Waals surface area contributed by atoms with E-state index in [0.717, 1.165) is 0 Å². The number of esters is 1. The van der Waals surface area contributed by atoms with Crippen molar-refractivity contribution in [2.24, 2.45) is 5.73 Å². The molecule has 0 saturated heterocycles. The molecule has 3 N–H and O–H groups in total. The van der Waals surface area contributed by atoms with E-state index in [1.54, 1.807) is 19.1 Å². The average Bonchev–Trinajstić information content (AvgIpc) is 2.62. The van der Waals surface area contributed by atoms with Crippen LogP contribution in [0.2, 0.25) is 0 Å². The van der Waals surface area contributed by atoms with Gasteiger partial charge in [0.05, 0.1) is 6.61 Å². The van der Waals surface area contributed by atoms with Gasteiger partial charge in [0, 0.05) is 11.1 Å². The summed E-state index contributed by atoms with van der Waals surface area (Å²) in [6.07, 6.45) is 0. The molecule has 0 aliphatic heterocycles. The SMILES string of the molecule is CCOC(=O)C1(SC(=N)N)C(=O)c2ccccc2C1=O. The zero-order valence-electron chi connectivity index (χ0n) is 10.6. The van der Waals surface area contributed by atoms with Crippen LogP contribution in [-0.2, 0) is 9.53 Å². The van der Waals surface area contributed by atoms with E-state index in [1.165, 1.54) is 12.1 Å². The Balaban J connectivity index is 2.60. The minimum Gasteiger partial charge on any atom is -0.464 e. The summed E-state index contributed by atoms with van der Waals surface area (Å²) in [5, 5.41) is 6.83. The lowest BCUT2D eigenvalue weighted by Crippen LogP contribution is -2.48. The number of ketones is 2. The summed E-state index contributed by atoms with van der Waals surface area (Å²) in [5.41, 5.74) is 5.59. The van der Waals surface area contributed by atoms with Crippen LogP contribution in [-0.4, -0.2) is 34.1 Å². The molecule has 0 heterocycles. The molecule has 1 aliphatic carbocycles. The molecule has 7 heteroatoms. The summed E-state index contributed by atoms with van der Waals surface area (Å²) in [4.78, 5) is 37.1. The van der Waals surface area contributed by atoms with Gasteiger partial charge in [-0.2, -0.15) is 0 Å². The number of ether oxygens (including phenoxy) is 1. The van der Waals surface area contributed by atoms with Crippen molar-refractivity contribution in [3.63, 3.8) is 0 Å². The van der Waals surface area contributed by atoms with Crippen molar-refractivity contribution < 1.29 is 19.1 Å². The highest BCUT2D eigenvalue weighted by Gasteiger charge is 2.61. The lowest BCUT2D eigenvalue weighted by Gasteiger charge is -2.21. The Hall–Kier alpha value is -2.15. The lowest BCUT2D eigenvalue weighted by atomic mass is 10.0. The van der Waals surface area contributed by atoms with Gasteiger partial charge in [-0.25, -0.2) is 4.79 Å². The molecule has 2 rings (SSSR count). The van der Waals surface area contributed by atoms with Gasteiger partial charge in [-0.15, -0.1) is 0 Å². The zero-order chi connectivity index (χ0) is 14.9. The summed E-state index contributed by atoms with van der Waals surface area (Å²) in [6.45, 7) is 1.59. The molecule has 0 amide bonds. The Kier molecular flexibility index (Phi) is 3.63. The van der Waals surface area contributed by atoms with Gasteiger partial charge in [0.2, 0.25) is 4.75 Å². The first-order chi connectivity index (χ1) is 9.45. The number of hydrogen-bond donors (Lipinski definition) is 2. The van der Waals surface area contributed by atoms with Crippen LogP contribution in [0.5, 0.6) is 0 Å². The van der Waals surface area contributed by atoms with Gasteiger partial charge in [-0.05, 0) is 6.92 Å². The zero-order valence-corrected chi connectivity index (χ0v) is 11.5. The third-order valence-corrected chi connectivity index (χ3v) is 3.95. The van der Waals surface area contributed by atoms with Crippen LogP contribution in [0.3, 0.4) is 0 Å². The number of thioether (sulfide) groups is 1. The minimum absolute atomic E-state index is 0.0238. The van der Waals surface area contributed by atoms with Gasteiger partial charge in [0.15, 0.2) is 16.7 Å². The highest BCUT2D eigenvalue weighted by molar-refractivity contribution is 8.16. The van der Waals surface area contributed by atoms with Crippen LogP contribution < -0.4 is 5.73 Å². The molecule has 20 heavy (non-hydrogen) atoms. The molecule has 0 radical (unpaired) electrons. The normalized spacial score (nSPS) is 15.8. The number of amidine groups is 1. The highest BCUT2D eigenvalue weighted by atomic mass is 32.2. The fourth-order valence-corrected chi connectivity index (χ4v) is 2.96. The van der Waals surface area contributed by atoms with Gasteiger partial charge in [-0.1, -0.05) is 36.0 Å². The van der Waals surface area contributed by atoms with E-state index in [4.69, 9.17) is 15.9 Å². The predicted molar refractivity (Wildman–Crippen MR) is 74.0 cm³/mol. The van der Waals surface area contributed by atoms with E-state index in [1.807, 2.05) is 0 Å². The number of nitrogens with two attached hydrogens (primary N) is 1. The molecule has 0 aromatic heterocycles. The summed E-state index contributed by atoms with van der Waals surface area (Å²) < 4.78 is 2.73. The Morgan fingerprint density at radius 1 is 1.30 bits per heavy atom. The molecule has 0 bridgehead atoms. The van der Waals surface area contributed by atoms with Gasteiger partial charge in [0.1, 0.15) is 0 Å². The summed E-state index contributed by atoms with van der Waals surface area (Å²) in [6, 6.07) is 6.14. The maximum Gasteiger partial charge on any atom is 0.338 e. The van der Waals surface area contributed by atoms with E-state index < -0.39 is 27.5 Å². The minimum atomic E-state index is -2.12. The molecule has 0 spiro atoms. The van der Waals surface area contributed by atoms with Crippen LogP contribution in [0, 0.1) is 5.41 Å². The van der Waals surface area contributed by atoms with Crippen molar-refractivity contribution in [2.45, 2.75) is 11.7 Å². The van der Waals surface area contributed by atoms with Crippen LogP contribution in [0.25, 0.3) is 0 Å². The average molecular weight is 292 g/mol. The van der Waals surface area contributed by atoms with E-state index in [0.29, 0.717) is 11.8 Å². The van der Waals surface area contributed by atoms with Crippen LogP contribution in [0.15, 0.2) is 24.3 Å². The van der Waals surface area contributed by atoms with Crippen molar-refractivity contribution in [2.75, 3.05) is 6.61 Å². The van der Waals surface area contributed by atoms with Crippen molar-refractivity contribution in [3.8, 4) is 0 Å². The number of Topliss-reactive ketones (excluding diaryl/α,β-unsaturated/α-hetero) is 2. The van der Waals surface area contributed by atoms with E-state index >= 15 is 0 Å². The van der Waals surface area contributed by atoms with E-state index in [9.17, 15) is 14.4 Å². The third kappa shape index (κ3) is 1.90. The lowest BCUT2D eigenvalue weighted by molar-refractivity contribution is -0.143. The third-order valence-electron chi connectivity index (χ3n) is 2.88. The number of benzene rings is 1. The molecule has 1 aromatic carbocycles. The highest BCUT2D eigenvalue weighted by Crippen LogP contribution is 2.41. The second-order valence-electron chi connectivity index (χ2n) is 4.07. The summed E-state index contributed by atoms with van der Waals surface area (Å²) in [5.74, 6) is -2.35. The fourth-order valence-electron chi connectivity index (χ4n) is 2.08. The molecule has 6 nitrogen and oxygen atoms in total. The number of carbonyl (C=O) groups excluding carboxylic acids is 3. The molecule has 0 unspecified atom stereocenters. The summed E-state index contributed by atoms with van der Waals surface area (Å²) >= 11 is 0.418. The first-order valence-electron chi connectivity index (χ1n) is 5.84. The van der Waals surface area contributed by atoms with Crippen molar-refractivity contribution in [3.05, 3.63) is 35.4 Å². The second kappa shape index (κ2) is 5.09. The fraction of sp³-hybridized carbons (Fsp3) is 0.231. The molecular formula is C13H12N2O4S. The molecule has 104 valence electrons. The summed E-state index contributed by atoms with van der Waals surface area (Å²) in [7, 11) is 0. The van der Waals surface area contributed by atoms with Gasteiger partial charge in [-0.3, -0.25) is 15.0 Å². The van der Waals surface area contributed by atoms with Crippen LogP contribution >= 0.6 is 11.8 Å². The molecule has 0 atom stereocenters. The molecule has 1 aliphatic rings. The Labute approximate surface area is 119 Å². The van der Waals surface area contributed by atoms with E-state index in [-0.39, 0.29) is 17.7 Å². The second-order valence-corrected chi connectivity index (χ2v) is 5.33. The van der Waals surface area contributed by atoms with Crippen LogP contribution in [0.4, 0.5) is 0 Å². The largest absolute Gasteiger partial charge is 0.464 e. The smallest absolute Gasteiger partial charge is 0.338 e. The quantitative estimate of drug-likeness (QED) is 0.372. The molecular weight excluding hydrogens is 280 g/mol. The molecule has 1 aromatic rings.